The van der Waals surface area contributed by atoms with Crippen LogP contribution in [0.3, 0.4) is 0 Å². The van der Waals surface area contributed by atoms with Crippen LogP contribution in [0.15, 0.2) is 97.2 Å². The molecule has 0 aliphatic carbocycles. The van der Waals surface area contributed by atoms with Crippen molar-refractivity contribution in [1.29, 1.82) is 0 Å². The molecule has 470 valence electrons. The number of carbonyl (C=O) groups excluding carboxylic acids is 1. The van der Waals surface area contributed by atoms with Crippen molar-refractivity contribution in [2.45, 2.75) is 266 Å². The number of allylic oxidation sites excluding steroid dienone is 15. The minimum Gasteiger partial charge on any atom is -0.394 e. The number of nitrogens with one attached hydrogen (secondary N) is 1. The first-order chi connectivity index (χ1) is 39.8. The maximum atomic E-state index is 13.3. The Hall–Kier alpha value is -3.29. The van der Waals surface area contributed by atoms with Crippen molar-refractivity contribution in [3.63, 3.8) is 0 Å². The Balaban J connectivity index is 1.53. The van der Waals surface area contributed by atoms with Crippen LogP contribution >= 0.6 is 0 Å². The minimum absolute atomic E-state index is 0.174. The van der Waals surface area contributed by atoms with Crippen molar-refractivity contribution in [2.75, 3.05) is 26.4 Å². The van der Waals surface area contributed by atoms with E-state index in [-0.39, 0.29) is 12.3 Å². The number of hydrogen-bond acceptors (Lipinski definition) is 18. The summed E-state index contributed by atoms with van der Waals surface area (Å²) in [5, 5.41) is 120. The average Bonchev–Trinajstić information content (AvgIpc) is 3.40. The lowest BCUT2D eigenvalue weighted by Crippen LogP contribution is -2.66. The zero-order valence-corrected chi connectivity index (χ0v) is 48.9. The molecule has 3 rings (SSSR count). The fourth-order valence-electron chi connectivity index (χ4n) is 9.62. The SMILES string of the molecule is CC/C=C\C/C=C\C/C=C\C/C=C\C/C=C\C/C=C\CCCCC(=O)NC(COC1OC(CO)C(OC2OC(CO)C(OC3OC(CO)C(O)C(O)C3O)C(O)C2O)C(O)C1O)C(O)/C=C/CC/C=C/CCCCCCCCCCCC. The van der Waals surface area contributed by atoms with Gasteiger partial charge in [-0.1, -0.05) is 169 Å². The minimum atomic E-state index is -1.99. The van der Waals surface area contributed by atoms with Gasteiger partial charge in [-0.05, 0) is 83.5 Å². The quantitative estimate of drug-likeness (QED) is 0.0255. The molecule has 0 aromatic heterocycles. The van der Waals surface area contributed by atoms with Gasteiger partial charge in [-0.15, -0.1) is 0 Å². The van der Waals surface area contributed by atoms with Crippen molar-refractivity contribution < 1.29 is 89.4 Å². The molecule has 12 N–H and O–H groups in total. The van der Waals surface area contributed by atoms with E-state index in [0.717, 1.165) is 70.6 Å². The number of unbranched alkanes of at least 4 members (excludes halogenated alkanes) is 13. The molecule has 3 saturated heterocycles. The van der Waals surface area contributed by atoms with Gasteiger partial charge >= 0.3 is 0 Å². The van der Waals surface area contributed by atoms with Crippen LogP contribution in [0, 0.1) is 0 Å². The fourth-order valence-corrected chi connectivity index (χ4v) is 9.62. The molecule has 0 aromatic rings. The molecule has 0 radical (unpaired) electrons. The molecule has 17 unspecified atom stereocenters. The Morgan fingerprint density at radius 1 is 0.451 bits per heavy atom. The summed E-state index contributed by atoms with van der Waals surface area (Å²) in [7, 11) is 0. The number of aliphatic hydroxyl groups excluding tert-OH is 11. The topological polar surface area (TPSA) is 307 Å². The second kappa shape index (κ2) is 45.1. The summed E-state index contributed by atoms with van der Waals surface area (Å²) in [5.41, 5.74) is 0. The van der Waals surface area contributed by atoms with Gasteiger partial charge < -0.3 is 89.9 Å². The Morgan fingerprint density at radius 3 is 1.37 bits per heavy atom. The first-order valence-electron chi connectivity index (χ1n) is 30.5. The first-order valence-corrected chi connectivity index (χ1v) is 30.5. The highest BCUT2D eigenvalue weighted by Gasteiger charge is 2.53. The maximum Gasteiger partial charge on any atom is 0.220 e. The van der Waals surface area contributed by atoms with E-state index < -0.39 is 131 Å². The number of carbonyl (C=O) groups is 1. The van der Waals surface area contributed by atoms with Crippen LogP contribution in [-0.2, 0) is 33.2 Å². The highest BCUT2D eigenvalue weighted by atomic mass is 16.8. The van der Waals surface area contributed by atoms with Gasteiger partial charge in [0.1, 0.15) is 73.2 Å². The Bertz CT molecular complexity index is 1870. The Labute approximate surface area is 488 Å². The Morgan fingerprint density at radius 2 is 0.854 bits per heavy atom. The van der Waals surface area contributed by atoms with Gasteiger partial charge in [-0.25, -0.2) is 0 Å². The van der Waals surface area contributed by atoms with Crippen molar-refractivity contribution in [3.8, 4) is 0 Å². The molecule has 1 amide bonds. The van der Waals surface area contributed by atoms with Gasteiger partial charge in [0.2, 0.25) is 5.91 Å². The van der Waals surface area contributed by atoms with Gasteiger partial charge in [0, 0.05) is 6.42 Å². The standard InChI is InChI=1S/C63H105NO18/c1-3-5-7-9-11-13-15-17-19-21-22-23-24-25-27-29-31-33-35-37-39-41-51(69)64-46(47(68)40-38-36-34-32-30-28-26-20-18-16-14-12-10-8-6-4-2)45-77-61-57(75)54(72)59(49(43-66)79-61)82-63-58(76)55(73)60(50(44-67)80-63)81-62-56(74)53(71)52(70)48(42-65)78-62/h5,7,11,13,17,19,22-23,25,27,30-33,38,40,46-50,52-63,65-68,70-76H,3-4,6,8-10,12,14-16,18,20-21,24,26,28-29,34-37,39,41-45H2,1-2H3,(H,64,69)/b7-5-,13-11-,19-17-,23-22-,27-25-,32-30+,33-31-,40-38+. The second-order valence-electron chi connectivity index (χ2n) is 21.4. The van der Waals surface area contributed by atoms with Gasteiger partial charge in [0.25, 0.3) is 0 Å². The average molecular weight is 1160 g/mol. The highest BCUT2D eigenvalue weighted by Crippen LogP contribution is 2.33. The zero-order chi connectivity index (χ0) is 59.7. The van der Waals surface area contributed by atoms with E-state index in [1.165, 1.54) is 57.8 Å². The summed E-state index contributed by atoms with van der Waals surface area (Å²) in [6.07, 6.45) is 29.6. The van der Waals surface area contributed by atoms with Crippen LogP contribution in [0.4, 0.5) is 0 Å². The molecule has 19 nitrogen and oxygen atoms in total. The third-order valence-corrected chi connectivity index (χ3v) is 14.6. The van der Waals surface area contributed by atoms with Crippen molar-refractivity contribution in [1.82, 2.24) is 5.32 Å². The molecule has 17 atom stereocenters. The fraction of sp³-hybridized carbons (Fsp3) is 0.730. The van der Waals surface area contributed by atoms with Crippen molar-refractivity contribution in [2.24, 2.45) is 0 Å². The Kier molecular flexibility index (Phi) is 40.1. The predicted molar refractivity (Wildman–Crippen MR) is 314 cm³/mol. The molecule has 0 spiro atoms. The monoisotopic (exact) mass is 1160 g/mol. The van der Waals surface area contributed by atoms with Crippen LogP contribution in [0.5, 0.6) is 0 Å². The summed E-state index contributed by atoms with van der Waals surface area (Å²) < 4.78 is 34.2. The zero-order valence-electron chi connectivity index (χ0n) is 48.9. The lowest BCUT2D eigenvalue weighted by atomic mass is 9.96. The molecule has 0 aromatic carbocycles. The van der Waals surface area contributed by atoms with Crippen LogP contribution in [0.2, 0.25) is 0 Å². The molecule has 0 saturated carbocycles. The normalized spacial score (nSPS) is 30.3. The lowest BCUT2D eigenvalue weighted by Gasteiger charge is -2.48. The van der Waals surface area contributed by atoms with Gasteiger partial charge in [-0.3, -0.25) is 4.79 Å². The molecule has 3 fully saturated rings. The molecule has 3 aliphatic rings. The molecule has 3 heterocycles. The van der Waals surface area contributed by atoms with Crippen molar-refractivity contribution in [3.05, 3.63) is 97.2 Å². The smallest absolute Gasteiger partial charge is 0.220 e. The molecular formula is C63H105NO18. The number of hydrogen-bond donors (Lipinski definition) is 12. The predicted octanol–water partition coefficient (Wildman–Crippen LogP) is 5.76. The van der Waals surface area contributed by atoms with E-state index >= 15 is 0 Å². The van der Waals surface area contributed by atoms with E-state index in [1.54, 1.807) is 6.08 Å². The molecule has 19 heteroatoms. The lowest BCUT2D eigenvalue weighted by molar-refractivity contribution is -0.379. The first kappa shape index (κ1) is 73.0. The van der Waals surface area contributed by atoms with Crippen LogP contribution in [0.1, 0.15) is 162 Å². The third-order valence-electron chi connectivity index (χ3n) is 14.6. The number of aliphatic hydroxyl groups is 11. The van der Waals surface area contributed by atoms with E-state index in [1.807, 2.05) is 6.08 Å². The van der Waals surface area contributed by atoms with E-state index in [0.29, 0.717) is 12.8 Å². The highest BCUT2D eigenvalue weighted by molar-refractivity contribution is 5.76. The summed E-state index contributed by atoms with van der Waals surface area (Å²) in [6.45, 7) is 1.53. The summed E-state index contributed by atoms with van der Waals surface area (Å²) in [6, 6.07) is -1.02. The summed E-state index contributed by atoms with van der Waals surface area (Å²) in [5.74, 6) is -0.333. The van der Waals surface area contributed by atoms with E-state index in [4.69, 9.17) is 28.4 Å². The van der Waals surface area contributed by atoms with Crippen LogP contribution in [0.25, 0.3) is 0 Å². The number of amides is 1. The summed E-state index contributed by atoms with van der Waals surface area (Å²) >= 11 is 0. The van der Waals surface area contributed by atoms with Crippen molar-refractivity contribution >= 4 is 5.91 Å². The van der Waals surface area contributed by atoms with Crippen LogP contribution < -0.4 is 5.32 Å². The number of ether oxygens (including phenoxy) is 6. The summed E-state index contributed by atoms with van der Waals surface area (Å²) in [4.78, 5) is 13.3. The van der Waals surface area contributed by atoms with E-state index in [2.05, 4.69) is 104 Å². The molecular weight excluding hydrogens is 1060 g/mol. The maximum absolute atomic E-state index is 13.3. The van der Waals surface area contributed by atoms with Gasteiger partial charge in [0.05, 0.1) is 38.6 Å². The van der Waals surface area contributed by atoms with E-state index in [9.17, 15) is 61.0 Å². The molecule has 82 heavy (non-hydrogen) atoms. The molecule has 0 bridgehead atoms. The van der Waals surface area contributed by atoms with Gasteiger partial charge in [0.15, 0.2) is 18.9 Å². The second-order valence-corrected chi connectivity index (χ2v) is 21.4. The molecule has 3 aliphatic heterocycles. The third kappa shape index (κ3) is 28.3. The number of rotatable bonds is 43. The van der Waals surface area contributed by atoms with Gasteiger partial charge in [-0.2, -0.15) is 0 Å². The largest absolute Gasteiger partial charge is 0.394 e. The van der Waals surface area contributed by atoms with Crippen LogP contribution in [-0.4, -0.2) is 193 Å².